The molecule has 2 N–H and O–H groups in total. The van der Waals surface area contributed by atoms with Gasteiger partial charge in [-0.3, -0.25) is 9.52 Å². The number of carbonyl (C=O) groups excluding carboxylic acids is 1. The van der Waals surface area contributed by atoms with Gasteiger partial charge in [-0.1, -0.05) is 17.7 Å². The van der Waals surface area contributed by atoms with E-state index in [1.807, 2.05) is 17.5 Å². The molecule has 0 saturated heterocycles. The largest absolute Gasteiger partial charge is 0.322 e. The normalized spacial score (nSPS) is 11.1. The molecule has 0 bridgehead atoms. The Hall–Kier alpha value is -3.20. The standard InChI is InChI=1S/C22H16ClN3O3S2/c23-17-6-10-19(11-7-17)26-31(28,29)20-3-1-2-16(14-20)21(27)25-18-8-4-15(5-9-18)22-24-12-13-30-22/h1-14,26H,(H,25,27). The van der Waals surface area contributed by atoms with Crippen LogP contribution in [0.1, 0.15) is 10.4 Å². The van der Waals surface area contributed by atoms with E-state index in [1.54, 1.807) is 48.7 Å². The van der Waals surface area contributed by atoms with Crippen LogP contribution >= 0.6 is 22.9 Å². The predicted molar refractivity (Wildman–Crippen MR) is 124 cm³/mol. The predicted octanol–water partition coefficient (Wildman–Crippen LogP) is 5.52. The summed E-state index contributed by atoms with van der Waals surface area (Å²) >= 11 is 7.36. The number of benzene rings is 3. The van der Waals surface area contributed by atoms with E-state index in [2.05, 4.69) is 15.0 Å². The van der Waals surface area contributed by atoms with Gasteiger partial charge in [-0.2, -0.15) is 0 Å². The Kier molecular flexibility index (Phi) is 6.03. The summed E-state index contributed by atoms with van der Waals surface area (Å²) in [6.07, 6.45) is 1.73. The fraction of sp³-hybridized carbons (Fsp3) is 0. The van der Waals surface area contributed by atoms with Crippen molar-refractivity contribution in [2.24, 2.45) is 0 Å². The zero-order chi connectivity index (χ0) is 21.8. The first kappa shape index (κ1) is 21.0. The van der Waals surface area contributed by atoms with Crippen LogP contribution in [0.25, 0.3) is 10.6 Å². The average molecular weight is 470 g/mol. The third kappa shape index (κ3) is 5.11. The summed E-state index contributed by atoms with van der Waals surface area (Å²) in [5.74, 6) is -0.412. The lowest BCUT2D eigenvalue weighted by Gasteiger charge is -2.10. The van der Waals surface area contributed by atoms with E-state index >= 15 is 0 Å². The number of hydrogen-bond acceptors (Lipinski definition) is 5. The molecule has 0 spiro atoms. The van der Waals surface area contributed by atoms with Crippen LogP contribution in [0, 0.1) is 0 Å². The maximum atomic E-state index is 12.7. The van der Waals surface area contributed by atoms with Crippen molar-refractivity contribution in [3.05, 3.63) is 95.0 Å². The van der Waals surface area contributed by atoms with Gasteiger partial charge < -0.3 is 5.32 Å². The SMILES string of the molecule is O=C(Nc1ccc(-c2nccs2)cc1)c1cccc(S(=O)(=O)Nc2ccc(Cl)cc2)c1. The molecule has 0 aliphatic heterocycles. The van der Waals surface area contributed by atoms with E-state index in [4.69, 9.17) is 11.6 Å². The number of amides is 1. The van der Waals surface area contributed by atoms with Crippen molar-refractivity contribution in [1.82, 2.24) is 4.98 Å². The average Bonchev–Trinajstić information content (AvgIpc) is 3.31. The maximum absolute atomic E-state index is 12.7. The minimum Gasteiger partial charge on any atom is -0.322 e. The summed E-state index contributed by atoms with van der Waals surface area (Å²) in [6, 6.07) is 19.4. The summed E-state index contributed by atoms with van der Waals surface area (Å²) in [4.78, 5) is 16.9. The number of halogens is 1. The first-order valence-electron chi connectivity index (χ1n) is 9.10. The van der Waals surface area contributed by atoms with Crippen LogP contribution in [0.3, 0.4) is 0 Å². The van der Waals surface area contributed by atoms with Gasteiger partial charge in [0.05, 0.1) is 4.90 Å². The topological polar surface area (TPSA) is 88.2 Å². The Labute approximate surface area is 188 Å². The smallest absolute Gasteiger partial charge is 0.261 e. The third-order valence-corrected chi connectivity index (χ3v) is 6.78. The third-order valence-electron chi connectivity index (χ3n) is 4.33. The highest BCUT2D eigenvalue weighted by molar-refractivity contribution is 7.92. The van der Waals surface area contributed by atoms with Gasteiger partial charge in [0.1, 0.15) is 5.01 Å². The van der Waals surface area contributed by atoms with Gasteiger partial charge in [0, 0.05) is 39.1 Å². The van der Waals surface area contributed by atoms with Crippen LogP contribution in [0.5, 0.6) is 0 Å². The number of anilines is 2. The zero-order valence-corrected chi connectivity index (χ0v) is 18.3. The van der Waals surface area contributed by atoms with Crippen molar-refractivity contribution in [3.63, 3.8) is 0 Å². The van der Waals surface area contributed by atoms with Gasteiger partial charge >= 0.3 is 0 Å². The number of thiazole rings is 1. The molecule has 0 aliphatic rings. The summed E-state index contributed by atoms with van der Waals surface area (Å²) in [6.45, 7) is 0. The van der Waals surface area contributed by atoms with E-state index in [0.29, 0.717) is 16.4 Å². The Morgan fingerprint density at radius 1 is 0.935 bits per heavy atom. The van der Waals surface area contributed by atoms with Gasteiger partial charge in [-0.05, 0) is 66.7 Å². The molecule has 31 heavy (non-hydrogen) atoms. The van der Waals surface area contributed by atoms with Crippen LogP contribution in [-0.4, -0.2) is 19.3 Å². The van der Waals surface area contributed by atoms with E-state index in [0.717, 1.165) is 10.6 Å². The molecule has 0 aliphatic carbocycles. The Morgan fingerprint density at radius 3 is 2.32 bits per heavy atom. The molecule has 4 rings (SSSR count). The van der Waals surface area contributed by atoms with Crippen LogP contribution < -0.4 is 10.0 Å². The summed E-state index contributed by atoms with van der Waals surface area (Å²) in [7, 11) is -3.86. The first-order chi connectivity index (χ1) is 14.9. The van der Waals surface area contributed by atoms with E-state index < -0.39 is 15.9 Å². The number of carbonyl (C=O) groups is 1. The molecule has 0 saturated carbocycles. The minimum atomic E-state index is -3.86. The quantitative estimate of drug-likeness (QED) is 0.389. The van der Waals surface area contributed by atoms with E-state index in [-0.39, 0.29) is 10.5 Å². The molecule has 1 heterocycles. The Bertz CT molecular complexity index is 1310. The number of rotatable bonds is 6. The van der Waals surface area contributed by atoms with Crippen molar-refractivity contribution < 1.29 is 13.2 Å². The number of nitrogens with zero attached hydrogens (tertiary/aromatic N) is 1. The molecule has 1 amide bonds. The van der Waals surface area contributed by atoms with Crippen molar-refractivity contribution in [1.29, 1.82) is 0 Å². The second-order valence-corrected chi connectivity index (χ2v) is 9.52. The van der Waals surface area contributed by atoms with Gasteiger partial charge in [-0.15, -0.1) is 11.3 Å². The fourth-order valence-corrected chi connectivity index (χ4v) is 4.68. The van der Waals surface area contributed by atoms with Gasteiger partial charge in [0.25, 0.3) is 15.9 Å². The summed E-state index contributed by atoms with van der Waals surface area (Å²) in [5.41, 5.74) is 2.15. The lowest BCUT2D eigenvalue weighted by Crippen LogP contribution is -2.16. The van der Waals surface area contributed by atoms with Crippen LogP contribution in [0.2, 0.25) is 5.02 Å². The van der Waals surface area contributed by atoms with E-state index in [1.165, 1.54) is 29.5 Å². The van der Waals surface area contributed by atoms with Gasteiger partial charge in [0.15, 0.2) is 0 Å². The molecule has 0 unspecified atom stereocenters. The minimum absolute atomic E-state index is 0.0192. The molecule has 1 aromatic heterocycles. The molecule has 3 aromatic carbocycles. The van der Waals surface area contributed by atoms with Gasteiger partial charge in [-0.25, -0.2) is 13.4 Å². The van der Waals surface area contributed by atoms with Crippen LogP contribution in [0.4, 0.5) is 11.4 Å². The Morgan fingerprint density at radius 2 is 1.65 bits per heavy atom. The summed E-state index contributed by atoms with van der Waals surface area (Å²) < 4.78 is 27.9. The molecule has 156 valence electrons. The van der Waals surface area contributed by atoms with Gasteiger partial charge in [0.2, 0.25) is 0 Å². The fourth-order valence-electron chi connectivity index (χ4n) is 2.80. The highest BCUT2D eigenvalue weighted by atomic mass is 35.5. The lowest BCUT2D eigenvalue weighted by atomic mass is 10.2. The van der Waals surface area contributed by atoms with Crippen molar-refractivity contribution in [3.8, 4) is 10.6 Å². The first-order valence-corrected chi connectivity index (χ1v) is 11.8. The van der Waals surface area contributed by atoms with Crippen molar-refractivity contribution in [2.45, 2.75) is 4.90 Å². The summed E-state index contributed by atoms with van der Waals surface area (Å²) in [5, 5.41) is 6.07. The number of sulfonamides is 1. The molecule has 0 atom stereocenters. The lowest BCUT2D eigenvalue weighted by molar-refractivity contribution is 0.102. The van der Waals surface area contributed by atoms with E-state index in [9.17, 15) is 13.2 Å². The monoisotopic (exact) mass is 469 g/mol. The number of hydrogen-bond donors (Lipinski definition) is 2. The second-order valence-electron chi connectivity index (χ2n) is 6.51. The molecule has 4 aromatic rings. The molecule has 6 nitrogen and oxygen atoms in total. The highest BCUT2D eigenvalue weighted by Crippen LogP contribution is 2.24. The molecule has 9 heteroatoms. The molecule has 0 fully saturated rings. The molecule has 0 radical (unpaired) electrons. The molecular weight excluding hydrogens is 454 g/mol. The number of nitrogens with one attached hydrogen (secondary N) is 2. The van der Waals surface area contributed by atoms with Crippen LogP contribution in [-0.2, 0) is 10.0 Å². The highest BCUT2D eigenvalue weighted by Gasteiger charge is 2.17. The molecular formula is C22H16ClN3O3S2. The Balaban J connectivity index is 1.49. The zero-order valence-electron chi connectivity index (χ0n) is 15.9. The number of aromatic nitrogens is 1. The van der Waals surface area contributed by atoms with Crippen molar-refractivity contribution in [2.75, 3.05) is 10.0 Å². The maximum Gasteiger partial charge on any atom is 0.261 e. The van der Waals surface area contributed by atoms with Crippen LogP contribution in [0.15, 0.2) is 89.3 Å². The van der Waals surface area contributed by atoms with Crippen molar-refractivity contribution >= 4 is 50.2 Å². The second kappa shape index (κ2) is 8.89.